The number of pyridine rings is 1. The third-order valence-electron chi connectivity index (χ3n) is 5.87. The van der Waals surface area contributed by atoms with Crippen LogP contribution >= 0.6 is 22.9 Å². The van der Waals surface area contributed by atoms with Crippen molar-refractivity contribution >= 4 is 44.6 Å². The molecule has 6 heteroatoms. The van der Waals surface area contributed by atoms with Crippen LogP contribution in [0.3, 0.4) is 0 Å². The second-order valence-electron chi connectivity index (χ2n) is 8.13. The number of likely N-dealkylation sites (N-methyl/N-ethyl adjacent to an activating group) is 1. The number of hydrogen-bond donors (Lipinski definition) is 1. The van der Waals surface area contributed by atoms with Crippen LogP contribution < -0.4 is 5.73 Å². The summed E-state index contributed by atoms with van der Waals surface area (Å²) in [6.07, 6.45) is 0.876. The molecule has 0 spiro atoms. The third-order valence-corrected chi connectivity index (χ3v) is 7.22. The minimum atomic E-state index is -0.0577. The van der Waals surface area contributed by atoms with Crippen molar-refractivity contribution in [3.05, 3.63) is 80.8 Å². The number of anilines is 1. The second-order valence-corrected chi connectivity index (χ2v) is 9.56. The van der Waals surface area contributed by atoms with E-state index < -0.39 is 0 Å². The van der Waals surface area contributed by atoms with Crippen molar-refractivity contribution in [1.82, 2.24) is 9.88 Å². The van der Waals surface area contributed by atoms with E-state index in [0.29, 0.717) is 21.2 Å². The number of aryl methyl sites for hydroxylation is 1. The van der Waals surface area contributed by atoms with E-state index >= 15 is 0 Å². The second kappa shape index (κ2) is 7.75. The molecule has 2 N–H and O–H groups in total. The summed E-state index contributed by atoms with van der Waals surface area (Å²) in [6, 6.07) is 15.4. The average molecular weight is 448 g/mol. The number of nitrogen functional groups attached to an aromatic ring is 1. The van der Waals surface area contributed by atoms with Gasteiger partial charge in [-0.2, -0.15) is 0 Å². The molecule has 1 aliphatic heterocycles. The number of carbonyl (C=O) groups excluding carboxylic acids is 1. The molecule has 5 rings (SSSR count). The van der Waals surface area contributed by atoms with Crippen molar-refractivity contribution in [1.29, 1.82) is 0 Å². The Hall–Kier alpha value is -2.73. The standard InChI is InChI=1S/C25H22ClN3OS/c1-14-3-5-16(6-4-14)23(30)24-22(27)21-20(15-7-9-17(26)10-8-15)18-13-29(2)12-11-19(18)28-25(21)31-24/h3-10H,11-13,27H2,1-2H3. The van der Waals surface area contributed by atoms with Crippen molar-refractivity contribution < 1.29 is 4.79 Å². The van der Waals surface area contributed by atoms with Crippen LogP contribution in [0.1, 0.15) is 32.1 Å². The highest BCUT2D eigenvalue weighted by Gasteiger charge is 2.27. The highest BCUT2D eigenvalue weighted by atomic mass is 35.5. The van der Waals surface area contributed by atoms with E-state index in [4.69, 9.17) is 22.3 Å². The van der Waals surface area contributed by atoms with Gasteiger partial charge in [-0.05, 0) is 37.2 Å². The highest BCUT2D eigenvalue weighted by Crippen LogP contribution is 2.44. The number of benzene rings is 2. The first-order chi connectivity index (χ1) is 14.9. The van der Waals surface area contributed by atoms with E-state index in [1.54, 1.807) is 0 Å². The third kappa shape index (κ3) is 3.53. The van der Waals surface area contributed by atoms with Gasteiger partial charge in [0, 0.05) is 46.7 Å². The molecule has 0 aliphatic carbocycles. The minimum absolute atomic E-state index is 0.0577. The van der Waals surface area contributed by atoms with Gasteiger partial charge in [-0.25, -0.2) is 4.98 Å². The van der Waals surface area contributed by atoms with Crippen LogP contribution in [-0.4, -0.2) is 29.3 Å². The fourth-order valence-corrected chi connectivity index (χ4v) is 5.41. The molecule has 31 heavy (non-hydrogen) atoms. The van der Waals surface area contributed by atoms with Crippen LogP contribution in [0.5, 0.6) is 0 Å². The minimum Gasteiger partial charge on any atom is -0.397 e. The fraction of sp³-hybridized carbons (Fsp3) is 0.200. The zero-order valence-electron chi connectivity index (χ0n) is 17.4. The summed E-state index contributed by atoms with van der Waals surface area (Å²) < 4.78 is 0. The normalized spacial score (nSPS) is 14.0. The van der Waals surface area contributed by atoms with Gasteiger partial charge in [0.2, 0.25) is 5.78 Å². The maximum Gasteiger partial charge on any atom is 0.205 e. The predicted molar refractivity (Wildman–Crippen MR) is 129 cm³/mol. The van der Waals surface area contributed by atoms with Crippen LogP contribution in [-0.2, 0) is 13.0 Å². The molecule has 2 aromatic heterocycles. The number of fused-ring (bicyclic) bond motifs is 2. The fourth-order valence-electron chi connectivity index (χ4n) is 4.20. The lowest BCUT2D eigenvalue weighted by molar-refractivity contribution is 0.104. The summed E-state index contributed by atoms with van der Waals surface area (Å²) in [5.74, 6) is -0.0577. The molecule has 0 atom stereocenters. The maximum absolute atomic E-state index is 13.3. The molecule has 0 unspecified atom stereocenters. The first-order valence-corrected chi connectivity index (χ1v) is 11.4. The van der Waals surface area contributed by atoms with E-state index in [2.05, 4.69) is 11.9 Å². The van der Waals surface area contributed by atoms with E-state index in [-0.39, 0.29) is 5.78 Å². The molecule has 156 valence electrons. The Morgan fingerprint density at radius 2 is 1.84 bits per heavy atom. The number of nitrogens with zero attached hydrogens (tertiary/aromatic N) is 2. The number of aromatic nitrogens is 1. The Balaban J connectivity index is 1.76. The number of ketones is 1. The molecular weight excluding hydrogens is 426 g/mol. The number of hydrogen-bond acceptors (Lipinski definition) is 5. The molecule has 0 amide bonds. The van der Waals surface area contributed by atoms with Gasteiger partial charge >= 0.3 is 0 Å². The Morgan fingerprint density at radius 1 is 1.13 bits per heavy atom. The molecule has 0 radical (unpaired) electrons. The van der Waals surface area contributed by atoms with Crippen LogP contribution in [0.25, 0.3) is 21.3 Å². The Kier molecular flexibility index (Phi) is 5.05. The molecule has 3 heterocycles. The summed E-state index contributed by atoms with van der Waals surface area (Å²) in [5, 5.41) is 1.56. The highest BCUT2D eigenvalue weighted by molar-refractivity contribution is 7.21. The maximum atomic E-state index is 13.3. The number of thiophene rings is 1. The lowest BCUT2D eigenvalue weighted by Crippen LogP contribution is -2.27. The van der Waals surface area contributed by atoms with Crippen LogP contribution in [0.2, 0.25) is 5.02 Å². The molecule has 4 nitrogen and oxygen atoms in total. The summed E-state index contributed by atoms with van der Waals surface area (Å²) >= 11 is 7.54. The molecule has 1 aliphatic rings. The zero-order valence-corrected chi connectivity index (χ0v) is 19.0. The van der Waals surface area contributed by atoms with Crippen LogP contribution in [0.15, 0.2) is 48.5 Å². The zero-order chi connectivity index (χ0) is 21.7. The molecule has 0 fully saturated rings. The van der Waals surface area contributed by atoms with Gasteiger partial charge in [0.05, 0.1) is 5.69 Å². The number of carbonyl (C=O) groups is 1. The first kappa shape index (κ1) is 20.2. The molecule has 0 saturated heterocycles. The molecular formula is C25H22ClN3OS. The lowest BCUT2D eigenvalue weighted by atomic mass is 9.92. The van der Waals surface area contributed by atoms with E-state index in [9.17, 15) is 4.79 Å². The van der Waals surface area contributed by atoms with Crippen molar-refractivity contribution in [2.24, 2.45) is 0 Å². The number of halogens is 1. The average Bonchev–Trinajstić information content (AvgIpc) is 3.09. The van der Waals surface area contributed by atoms with Gasteiger partial charge in [0.15, 0.2) is 0 Å². The van der Waals surface area contributed by atoms with E-state index in [0.717, 1.165) is 52.1 Å². The summed E-state index contributed by atoms with van der Waals surface area (Å²) in [7, 11) is 2.11. The lowest BCUT2D eigenvalue weighted by Gasteiger charge is -2.27. The Bertz CT molecular complexity index is 1310. The van der Waals surface area contributed by atoms with Gasteiger partial charge in [-0.15, -0.1) is 11.3 Å². The summed E-state index contributed by atoms with van der Waals surface area (Å²) in [6.45, 7) is 3.76. The van der Waals surface area contributed by atoms with Gasteiger partial charge in [-0.1, -0.05) is 53.6 Å². The SMILES string of the molecule is Cc1ccc(C(=O)c2sc3nc4c(c(-c5ccc(Cl)cc5)c3c2N)CN(C)CC4)cc1. The quantitative estimate of drug-likeness (QED) is 0.407. The molecule has 2 aromatic carbocycles. The summed E-state index contributed by atoms with van der Waals surface area (Å²) in [5.41, 5.74) is 13.3. The monoisotopic (exact) mass is 447 g/mol. The van der Waals surface area contributed by atoms with Crippen molar-refractivity contribution in [2.45, 2.75) is 19.9 Å². The summed E-state index contributed by atoms with van der Waals surface area (Å²) in [4.78, 5) is 21.9. The van der Waals surface area contributed by atoms with Gasteiger partial charge in [-0.3, -0.25) is 4.79 Å². The number of rotatable bonds is 3. The van der Waals surface area contributed by atoms with Gasteiger partial charge < -0.3 is 10.6 Å². The van der Waals surface area contributed by atoms with Gasteiger partial charge in [0.1, 0.15) is 9.71 Å². The van der Waals surface area contributed by atoms with Crippen LogP contribution in [0, 0.1) is 6.92 Å². The first-order valence-electron chi connectivity index (χ1n) is 10.2. The van der Waals surface area contributed by atoms with E-state index in [1.807, 2.05) is 55.5 Å². The van der Waals surface area contributed by atoms with E-state index in [1.165, 1.54) is 16.9 Å². The van der Waals surface area contributed by atoms with Gasteiger partial charge in [0.25, 0.3) is 0 Å². The topological polar surface area (TPSA) is 59.2 Å². The number of nitrogens with two attached hydrogens (primary N) is 1. The Labute approximate surface area is 190 Å². The molecule has 4 aromatic rings. The van der Waals surface area contributed by atoms with Crippen molar-refractivity contribution in [2.75, 3.05) is 19.3 Å². The van der Waals surface area contributed by atoms with Crippen LogP contribution in [0.4, 0.5) is 5.69 Å². The smallest absolute Gasteiger partial charge is 0.205 e. The van der Waals surface area contributed by atoms with Crippen molar-refractivity contribution in [3.8, 4) is 11.1 Å². The molecule has 0 bridgehead atoms. The molecule has 0 saturated carbocycles. The Morgan fingerprint density at radius 3 is 2.55 bits per heavy atom. The largest absolute Gasteiger partial charge is 0.397 e. The van der Waals surface area contributed by atoms with Crippen molar-refractivity contribution in [3.63, 3.8) is 0 Å². The predicted octanol–water partition coefficient (Wildman–Crippen LogP) is 5.73.